The van der Waals surface area contributed by atoms with Crippen molar-refractivity contribution < 1.29 is 34.3 Å². The zero-order chi connectivity index (χ0) is 16.2. The first-order valence-electron chi connectivity index (χ1n) is 5.85. The van der Waals surface area contributed by atoms with E-state index in [0.29, 0.717) is 0 Å². The molecule has 0 radical (unpaired) electrons. The number of alkyl halides is 3. The van der Waals surface area contributed by atoms with Crippen LogP contribution in [0.2, 0.25) is 0 Å². The lowest BCUT2D eigenvalue weighted by atomic mass is 9.97. The quantitative estimate of drug-likeness (QED) is 0.496. The van der Waals surface area contributed by atoms with Crippen molar-refractivity contribution in [2.45, 2.75) is 34.4 Å². The Morgan fingerprint density at radius 3 is 2.43 bits per heavy atom. The smallest absolute Gasteiger partial charge is 0.407 e. The number of nitrogens with one attached hydrogen (secondary N) is 1. The largest absolute Gasteiger partial charge is 0.445 e. The first kappa shape index (κ1) is 19.0. The van der Waals surface area contributed by atoms with Gasteiger partial charge in [-0.15, -0.1) is 0 Å². The van der Waals surface area contributed by atoms with E-state index in [1.54, 1.807) is 0 Å². The molecule has 4 N–H and O–H groups in total. The van der Waals surface area contributed by atoms with Crippen LogP contribution in [0.1, 0.15) is 0 Å². The lowest BCUT2D eigenvalue weighted by molar-refractivity contribution is -0.262. The van der Waals surface area contributed by atoms with E-state index in [4.69, 9.17) is 49.4 Å². The van der Waals surface area contributed by atoms with Crippen molar-refractivity contribution in [2.75, 3.05) is 20.3 Å². The van der Waals surface area contributed by atoms with Gasteiger partial charge in [0.25, 0.3) is 0 Å². The first-order valence-corrected chi connectivity index (χ1v) is 6.98. The molecular formula is C10H16Cl3NO7. The van der Waals surface area contributed by atoms with Gasteiger partial charge in [-0.1, -0.05) is 34.8 Å². The van der Waals surface area contributed by atoms with Gasteiger partial charge in [0.2, 0.25) is 3.79 Å². The number of rotatable bonds is 4. The molecule has 1 amide bonds. The van der Waals surface area contributed by atoms with Crippen LogP contribution in [0.25, 0.3) is 0 Å². The Hall–Kier alpha value is -0.0600. The maximum Gasteiger partial charge on any atom is 0.407 e. The Balaban J connectivity index is 2.64. The van der Waals surface area contributed by atoms with Crippen molar-refractivity contribution in [3.05, 3.63) is 0 Å². The molecule has 0 aromatic rings. The van der Waals surface area contributed by atoms with Crippen molar-refractivity contribution in [3.8, 4) is 0 Å². The van der Waals surface area contributed by atoms with Crippen LogP contribution in [0.15, 0.2) is 0 Å². The molecule has 0 spiro atoms. The van der Waals surface area contributed by atoms with Crippen LogP contribution in [0, 0.1) is 0 Å². The predicted octanol–water partition coefficient (Wildman–Crippen LogP) is -0.463. The Labute approximate surface area is 135 Å². The molecule has 8 nitrogen and oxygen atoms in total. The first-order chi connectivity index (χ1) is 9.69. The fraction of sp³-hybridized carbons (Fsp3) is 0.900. The van der Waals surface area contributed by atoms with Gasteiger partial charge in [-0.25, -0.2) is 4.79 Å². The van der Waals surface area contributed by atoms with Gasteiger partial charge < -0.3 is 34.8 Å². The third-order valence-corrected chi connectivity index (χ3v) is 3.09. The highest BCUT2D eigenvalue weighted by molar-refractivity contribution is 6.67. The average molecular weight is 369 g/mol. The summed E-state index contributed by atoms with van der Waals surface area (Å²) in [6, 6.07) is -1.13. The molecule has 1 saturated heterocycles. The number of hydrogen-bond acceptors (Lipinski definition) is 7. The van der Waals surface area contributed by atoms with E-state index in [2.05, 4.69) is 10.1 Å². The van der Waals surface area contributed by atoms with Crippen LogP contribution in [-0.4, -0.2) is 76.2 Å². The highest BCUT2D eigenvalue weighted by Crippen LogP contribution is 2.26. The summed E-state index contributed by atoms with van der Waals surface area (Å²) in [7, 11) is 1.27. The minimum absolute atomic E-state index is 0.507. The maximum atomic E-state index is 11.6. The van der Waals surface area contributed by atoms with E-state index < -0.39 is 53.7 Å². The third kappa shape index (κ3) is 5.57. The summed E-state index contributed by atoms with van der Waals surface area (Å²) >= 11 is 16.3. The molecule has 1 aliphatic rings. The highest BCUT2D eigenvalue weighted by atomic mass is 35.6. The zero-order valence-corrected chi connectivity index (χ0v) is 13.2. The summed E-state index contributed by atoms with van der Waals surface area (Å²) in [6.07, 6.45) is -5.99. The van der Waals surface area contributed by atoms with E-state index in [1.165, 1.54) is 7.11 Å². The normalized spacial score (nSPS) is 33.6. The van der Waals surface area contributed by atoms with E-state index in [-0.39, 0.29) is 0 Å². The number of carbonyl (C=O) groups excluding carboxylic acids is 1. The zero-order valence-electron chi connectivity index (χ0n) is 10.9. The van der Waals surface area contributed by atoms with Gasteiger partial charge in [-0.05, 0) is 0 Å². The molecular weight excluding hydrogens is 352 g/mol. The minimum Gasteiger partial charge on any atom is -0.445 e. The van der Waals surface area contributed by atoms with Crippen LogP contribution in [0.3, 0.4) is 0 Å². The number of hydrogen-bond donors (Lipinski definition) is 4. The second-order valence-electron chi connectivity index (χ2n) is 4.30. The number of carbonyl (C=O) groups is 1. The van der Waals surface area contributed by atoms with Crippen LogP contribution >= 0.6 is 34.8 Å². The lowest BCUT2D eigenvalue weighted by Crippen LogP contribution is -2.64. The second-order valence-corrected chi connectivity index (χ2v) is 6.82. The second kappa shape index (κ2) is 7.98. The topological polar surface area (TPSA) is 117 Å². The molecule has 1 heterocycles. The molecule has 1 fully saturated rings. The molecule has 0 bridgehead atoms. The van der Waals surface area contributed by atoms with Crippen LogP contribution in [0.4, 0.5) is 4.79 Å². The van der Waals surface area contributed by atoms with Gasteiger partial charge in [0, 0.05) is 7.11 Å². The molecule has 5 atom stereocenters. The van der Waals surface area contributed by atoms with Crippen LogP contribution < -0.4 is 5.32 Å². The van der Waals surface area contributed by atoms with Crippen molar-refractivity contribution >= 4 is 40.9 Å². The maximum absolute atomic E-state index is 11.6. The molecule has 21 heavy (non-hydrogen) atoms. The number of methoxy groups -OCH3 is 1. The van der Waals surface area contributed by atoms with Crippen LogP contribution in [-0.2, 0) is 14.2 Å². The summed E-state index contributed by atoms with van der Waals surface area (Å²) in [5, 5.41) is 31.0. The SMILES string of the molecule is COC1OC(CO)[C@@H](O)[C@H](O)C1NC(=O)OCC(Cl)(Cl)Cl. The van der Waals surface area contributed by atoms with Crippen LogP contribution in [0.5, 0.6) is 0 Å². The monoisotopic (exact) mass is 367 g/mol. The highest BCUT2D eigenvalue weighted by Gasteiger charge is 2.45. The summed E-state index contributed by atoms with van der Waals surface area (Å²) in [4.78, 5) is 11.6. The number of ether oxygens (including phenoxy) is 3. The third-order valence-electron chi connectivity index (χ3n) is 2.76. The molecule has 3 unspecified atom stereocenters. The van der Waals surface area contributed by atoms with Gasteiger partial charge >= 0.3 is 6.09 Å². The number of halogens is 3. The fourth-order valence-corrected chi connectivity index (χ4v) is 1.93. The Bertz CT molecular complexity index is 352. The summed E-state index contributed by atoms with van der Waals surface area (Å²) < 4.78 is 13.0. The van der Waals surface area contributed by atoms with E-state index >= 15 is 0 Å². The predicted molar refractivity (Wildman–Crippen MR) is 73.3 cm³/mol. The van der Waals surface area contributed by atoms with Crippen molar-refractivity contribution in [3.63, 3.8) is 0 Å². The Morgan fingerprint density at radius 2 is 1.95 bits per heavy atom. The average Bonchev–Trinajstić information content (AvgIpc) is 2.41. The van der Waals surface area contributed by atoms with E-state index in [9.17, 15) is 15.0 Å². The van der Waals surface area contributed by atoms with E-state index in [0.717, 1.165) is 0 Å². The molecule has 0 aromatic carbocycles. The molecule has 1 rings (SSSR count). The molecule has 0 saturated carbocycles. The summed E-state index contributed by atoms with van der Waals surface area (Å²) in [6.45, 7) is -1.03. The number of alkyl carbamates (subject to hydrolysis) is 1. The molecule has 11 heteroatoms. The van der Waals surface area contributed by atoms with Crippen molar-refractivity contribution in [2.24, 2.45) is 0 Å². The van der Waals surface area contributed by atoms with E-state index in [1.807, 2.05) is 0 Å². The summed E-state index contributed by atoms with van der Waals surface area (Å²) in [5.74, 6) is 0. The summed E-state index contributed by atoms with van der Waals surface area (Å²) in [5.41, 5.74) is 0. The van der Waals surface area contributed by atoms with Crippen molar-refractivity contribution in [1.82, 2.24) is 5.32 Å². The molecule has 124 valence electrons. The molecule has 1 aliphatic heterocycles. The van der Waals surface area contributed by atoms with Gasteiger partial charge in [0.15, 0.2) is 6.29 Å². The lowest BCUT2D eigenvalue weighted by Gasteiger charge is -2.41. The molecule has 0 aromatic heterocycles. The Morgan fingerprint density at radius 1 is 1.33 bits per heavy atom. The van der Waals surface area contributed by atoms with Gasteiger partial charge in [-0.2, -0.15) is 0 Å². The number of amides is 1. The minimum atomic E-state index is -1.78. The van der Waals surface area contributed by atoms with Gasteiger partial charge in [0.05, 0.1) is 6.61 Å². The standard InChI is InChI=1S/C10H16Cl3NO7/c1-19-8-5(7(17)6(16)4(2-15)21-8)14-9(18)20-3-10(11,12)13/h4-8,15-17H,2-3H2,1H3,(H,14,18)/t4?,5?,6-,7-,8?/m1/s1. The molecule has 0 aliphatic carbocycles. The Kier molecular flexibility index (Phi) is 7.21. The fourth-order valence-electron chi connectivity index (χ4n) is 1.76. The van der Waals surface area contributed by atoms with Gasteiger partial charge in [-0.3, -0.25) is 0 Å². The van der Waals surface area contributed by atoms with Gasteiger partial charge in [0.1, 0.15) is 31.0 Å². The number of aliphatic hydroxyl groups excluding tert-OH is 3. The van der Waals surface area contributed by atoms with Crippen molar-refractivity contribution in [1.29, 1.82) is 0 Å². The number of aliphatic hydroxyl groups is 3.